The van der Waals surface area contributed by atoms with E-state index in [1.165, 1.54) is 0 Å². The standard InChI is InChI=1S/C20H23N3O2S/c1-13-5-14(2)7-16(6-13)19(24)22-8-15-3-4-18(10-22)23(20(15)25)9-17-11-26-12-21-17/h5-7,11-12,15,18H,3-4,8-10H2,1-2H3/t15-,18+/m0/s1. The maximum atomic E-state index is 13.1. The SMILES string of the molecule is Cc1cc(C)cc(C(=O)N2C[C@@H]3CC[C@H](C2)N(Cc2cscn2)C3=O)c1. The van der Waals surface area contributed by atoms with Crippen LogP contribution in [0.1, 0.15) is 40.0 Å². The number of hydrogen-bond donors (Lipinski definition) is 0. The fourth-order valence-electron chi connectivity index (χ4n) is 4.19. The smallest absolute Gasteiger partial charge is 0.253 e. The number of aryl methyl sites for hydroxylation is 2. The van der Waals surface area contributed by atoms with Crippen LogP contribution in [0.25, 0.3) is 0 Å². The Balaban J connectivity index is 1.57. The van der Waals surface area contributed by atoms with Gasteiger partial charge in [-0.25, -0.2) is 4.98 Å². The van der Waals surface area contributed by atoms with Crippen molar-refractivity contribution in [2.75, 3.05) is 13.1 Å². The summed E-state index contributed by atoms with van der Waals surface area (Å²) in [6.45, 7) is 5.70. The molecule has 3 aliphatic heterocycles. The van der Waals surface area contributed by atoms with E-state index in [4.69, 9.17) is 0 Å². The van der Waals surface area contributed by atoms with E-state index in [0.29, 0.717) is 19.6 Å². The van der Waals surface area contributed by atoms with Crippen LogP contribution in [0, 0.1) is 19.8 Å². The highest BCUT2D eigenvalue weighted by molar-refractivity contribution is 7.07. The highest BCUT2D eigenvalue weighted by Crippen LogP contribution is 2.31. The largest absolute Gasteiger partial charge is 0.336 e. The summed E-state index contributed by atoms with van der Waals surface area (Å²) < 4.78 is 0. The third-order valence-electron chi connectivity index (χ3n) is 5.37. The fraction of sp³-hybridized carbons (Fsp3) is 0.450. The maximum absolute atomic E-state index is 13.1. The molecule has 0 spiro atoms. The Kier molecular flexibility index (Phi) is 4.53. The Morgan fingerprint density at radius 1 is 1.19 bits per heavy atom. The van der Waals surface area contributed by atoms with Crippen molar-refractivity contribution in [3.63, 3.8) is 0 Å². The van der Waals surface area contributed by atoms with E-state index in [0.717, 1.165) is 35.2 Å². The van der Waals surface area contributed by atoms with Crippen LogP contribution in [0.4, 0.5) is 0 Å². The van der Waals surface area contributed by atoms with Crippen LogP contribution in [0.2, 0.25) is 0 Å². The number of nitrogens with zero attached hydrogens (tertiary/aromatic N) is 3. The number of carbonyl (C=O) groups is 2. The number of fused-ring (bicyclic) bond motifs is 4. The van der Waals surface area contributed by atoms with Gasteiger partial charge in [0, 0.05) is 30.1 Å². The first-order valence-corrected chi connectivity index (χ1v) is 10.0. The van der Waals surface area contributed by atoms with Gasteiger partial charge in [-0.05, 0) is 38.8 Å². The van der Waals surface area contributed by atoms with Crippen molar-refractivity contribution in [1.82, 2.24) is 14.8 Å². The second-order valence-corrected chi connectivity index (χ2v) is 8.18. The van der Waals surface area contributed by atoms with Crippen LogP contribution in [0.15, 0.2) is 29.1 Å². The zero-order chi connectivity index (χ0) is 18.3. The molecule has 6 heteroatoms. The molecule has 0 aliphatic carbocycles. The minimum Gasteiger partial charge on any atom is -0.336 e. The number of thiazole rings is 1. The minimum atomic E-state index is -0.0951. The first kappa shape index (κ1) is 17.2. The summed E-state index contributed by atoms with van der Waals surface area (Å²) in [7, 11) is 0. The summed E-state index contributed by atoms with van der Waals surface area (Å²) in [5.74, 6) is 0.115. The molecule has 2 aromatic rings. The van der Waals surface area contributed by atoms with Gasteiger partial charge < -0.3 is 9.80 Å². The Hall–Kier alpha value is -2.21. The molecule has 3 saturated heterocycles. The first-order chi connectivity index (χ1) is 12.5. The molecule has 2 bridgehead atoms. The van der Waals surface area contributed by atoms with E-state index in [2.05, 4.69) is 11.1 Å². The molecule has 2 atom stereocenters. The number of amides is 2. The lowest BCUT2D eigenvalue weighted by molar-refractivity contribution is -0.140. The summed E-state index contributed by atoms with van der Waals surface area (Å²) >= 11 is 1.55. The molecular formula is C20H23N3O2S. The van der Waals surface area contributed by atoms with Gasteiger partial charge in [0.05, 0.1) is 23.7 Å². The molecule has 4 heterocycles. The van der Waals surface area contributed by atoms with Crippen molar-refractivity contribution in [3.05, 3.63) is 51.5 Å². The van der Waals surface area contributed by atoms with Crippen molar-refractivity contribution in [3.8, 4) is 0 Å². The molecule has 1 aromatic heterocycles. The quantitative estimate of drug-likeness (QED) is 0.836. The van der Waals surface area contributed by atoms with Gasteiger partial charge in [0.2, 0.25) is 5.91 Å². The Morgan fingerprint density at radius 3 is 2.65 bits per heavy atom. The average molecular weight is 369 g/mol. The zero-order valence-corrected chi connectivity index (χ0v) is 16.0. The summed E-state index contributed by atoms with van der Waals surface area (Å²) in [6.07, 6.45) is 1.82. The lowest BCUT2D eigenvalue weighted by Crippen LogP contribution is -2.47. The second kappa shape index (κ2) is 6.83. The Morgan fingerprint density at radius 2 is 1.96 bits per heavy atom. The van der Waals surface area contributed by atoms with Gasteiger partial charge in [0.1, 0.15) is 0 Å². The van der Waals surface area contributed by atoms with Gasteiger partial charge in [0.15, 0.2) is 0 Å². The van der Waals surface area contributed by atoms with Gasteiger partial charge in [-0.2, -0.15) is 0 Å². The average Bonchev–Trinajstić information content (AvgIpc) is 2.96. The molecule has 5 rings (SSSR count). The van der Waals surface area contributed by atoms with Gasteiger partial charge in [0.25, 0.3) is 5.91 Å². The first-order valence-electron chi connectivity index (χ1n) is 9.06. The molecule has 0 saturated carbocycles. The number of hydrogen-bond acceptors (Lipinski definition) is 4. The van der Waals surface area contributed by atoms with Crippen LogP contribution in [0.3, 0.4) is 0 Å². The predicted molar refractivity (Wildman–Crippen MR) is 101 cm³/mol. The molecule has 136 valence electrons. The van der Waals surface area contributed by atoms with Crippen LogP contribution in [-0.4, -0.2) is 45.7 Å². The fourth-order valence-corrected chi connectivity index (χ4v) is 4.73. The number of piperidine rings is 1. The third-order valence-corrected chi connectivity index (χ3v) is 6.00. The van der Waals surface area contributed by atoms with Crippen LogP contribution in [-0.2, 0) is 11.3 Å². The zero-order valence-electron chi connectivity index (χ0n) is 15.1. The lowest BCUT2D eigenvalue weighted by Gasteiger charge is -2.35. The van der Waals surface area contributed by atoms with E-state index in [9.17, 15) is 9.59 Å². The molecular weight excluding hydrogens is 346 g/mol. The van der Waals surface area contributed by atoms with E-state index in [1.54, 1.807) is 16.8 Å². The Labute approximate surface area is 157 Å². The van der Waals surface area contributed by atoms with Crippen LogP contribution in [0.5, 0.6) is 0 Å². The van der Waals surface area contributed by atoms with Gasteiger partial charge in [-0.15, -0.1) is 11.3 Å². The number of carbonyl (C=O) groups excluding carboxylic acids is 2. The van der Waals surface area contributed by atoms with Crippen LogP contribution >= 0.6 is 11.3 Å². The normalized spacial score (nSPS) is 22.6. The van der Waals surface area contributed by atoms with E-state index < -0.39 is 0 Å². The summed E-state index contributed by atoms with van der Waals surface area (Å²) in [5.41, 5.74) is 5.64. The monoisotopic (exact) mass is 369 g/mol. The Bertz CT molecular complexity index is 813. The molecule has 5 nitrogen and oxygen atoms in total. The number of aromatic nitrogens is 1. The minimum absolute atomic E-state index is 0.0389. The summed E-state index contributed by atoms with van der Waals surface area (Å²) in [5, 5.41) is 1.99. The summed E-state index contributed by atoms with van der Waals surface area (Å²) in [4.78, 5) is 34.2. The molecule has 0 radical (unpaired) electrons. The predicted octanol–water partition coefficient (Wildman–Crippen LogP) is 3.02. The third kappa shape index (κ3) is 3.26. The molecule has 0 N–H and O–H groups in total. The molecule has 3 aliphatic rings. The van der Waals surface area contributed by atoms with Crippen molar-refractivity contribution in [2.45, 2.75) is 39.3 Å². The van der Waals surface area contributed by atoms with Crippen molar-refractivity contribution < 1.29 is 9.59 Å². The van der Waals surface area contributed by atoms with E-state index >= 15 is 0 Å². The van der Waals surface area contributed by atoms with Gasteiger partial charge in [-0.3, -0.25) is 9.59 Å². The summed E-state index contributed by atoms with van der Waals surface area (Å²) in [6, 6.07) is 6.04. The number of benzene rings is 1. The van der Waals surface area contributed by atoms with E-state index in [1.807, 2.05) is 41.2 Å². The topological polar surface area (TPSA) is 53.5 Å². The van der Waals surface area contributed by atoms with Gasteiger partial charge in [-0.1, -0.05) is 17.2 Å². The van der Waals surface area contributed by atoms with Crippen LogP contribution < -0.4 is 0 Å². The second-order valence-electron chi connectivity index (χ2n) is 7.46. The highest BCUT2D eigenvalue weighted by atomic mass is 32.1. The van der Waals surface area contributed by atoms with Crippen molar-refractivity contribution >= 4 is 23.2 Å². The molecule has 26 heavy (non-hydrogen) atoms. The van der Waals surface area contributed by atoms with Gasteiger partial charge >= 0.3 is 0 Å². The lowest BCUT2D eigenvalue weighted by atomic mass is 9.94. The maximum Gasteiger partial charge on any atom is 0.253 e. The van der Waals surface area contributed by atoms with Crippen molar-refractivity contribution in [1.29, 1.82) is 0 Å². The van der Waals surface area contributed by atoms with E-state index in [-0.39, 0.29) is 23.8 Å². The highest BCUT2D eigenvalue weighted by Gasteiger charge is 2.42. The number of rotatable bonds is 3. The molecule has 3 fully saturated rings. The molecule has 0 unspecified atom stereocenters. The molecule has 2 amide bonds. The van der Waals surface area contributed by atoms with Crippen molar-refractivity contribution in [2.24, 2.45) is 5.92 Å². The molecule has 1 aromatic carbocycles.